The maximum atomic E-state index is 11.4. The molecule has 0 bridgehead atoms. The summed E-state index contributed by atoms with van der Waals surface area (Å²) in [6.07, 6.45) is 1.03. The second-order valence-electron chi connectivity index (χ2n) is 4.00. The Hall–Kier alpha value is -1.55. The monoisotopic (exact) mass is 235 g/mol. The van der Waals surface area contributed by atoms with Gasteiger partial charge in [0.1, 0.15) is 0 Å². The number of carbonyl (C=O) groups excluding carboxylic acids is 1. The molecule has 0 aromatic heterocycles. The highest BCUT2D eigenvalue weighted by Crippen LogP contribution is 2.15. The Morgan fingerprint density at radius 2 is 2.24 bits per heavy atom. The number of nitrogens with one attached hydrogen (secondary N) is 1. The molecule has 1 fully saturated rings. The molecule has 4 heteroatoms. The van der Waals surface area contributed by atoms with Crippen LogP contribution in [0.2, 0.25) is 0 Å². The van der Waals surface area contributed by atoms with Crippen LogP contribution in [0, 0.1) is 0 Å². The number of benzene rings is 1. The third-order valence-electron chi connectivity index (χ3n) is 2.70. The van der Waals surface area contributed by atoms with E-state index >= 15 is 0 Å². The van der Waals surface area contributed by atoms with Gasteiger partial charge in [-0.15, -0.1) is 0 Å². The number of hydrogen-bond donors (Lipinski definition) is 1. The first-order chi connectivity index (χ1) is 8.29. The maximum Gasteiger partial charge on any atom is 0.338 e. The topological polar surface area (TPSA) is 47.6 Å². The van der Waals surface area contributed by atoms with E-state index in [0.29, 0.717) is 18.2 Å². The van der Waals surface area contributed by atoms with Gasteiger partial charge in [-0.25, -0.2) is 4.79 Å². The molecule has 1 unspecified atom stereocenters. The quantitative estimate of drug-likeness (QED) is 0.811. The summed E-state index contributed by atoms with van der Waals surface area (Å²) >= 11 is 0. The third-order valence-corrected chi connectivity index (χ3v) is 2.70. The van der Waals surface area contributed by atoms with Gasteiger partial charge in [0.15, 0.2) is 0 Å². The Kier molecular flexibility index (Phi) is 3.98. The van der Waals surface area contributed by atoms with Crippen LogP contribution in [-0.2, 0) is 9.47 Å². The summed E-state index contributed by atoms with van der Waals surface area (Å²) in [5.41, 5.74) is 1.59. The SMILES string of the molecule is CCOC(=O)c1ccc(NC2CCOC2)cc1. The van der Waals surface area contributed by atoms with Crippen molar-refractivity contribution in [1.29, 1.82) is 0 Å². The van der Waals surface area contributed by atoms with Crippen molar-refractivity contribution in [1.82, 2.24) is 0 Å². The van der Waals surface area contributed by atoms with Gasteiger partial charge >= 0.3 is 5.97 Å². The highest BCUT2D eigenvalue weighted by atomic mass is 16.5. The van der Waals surface area contributed by atoms with Crippen LogP contribution < -0.4 is 5.32 Å². The molecule has 2 rings (SSSR count). The summed E-state index contributed by atoms with van der Waals surface area (Å²) in [5, 5.41) is 3.36. The Morgan fingerprint density at radius 1 is 1.47 bits per heavy atom. The number of anilines is 1. The van der Waals surface area contributed by atoms with Crippen molar-refractivity contribution in [3.05, 3.63) is 29.8 Å². The van der Waals surface area contributed by atoms with E-state index in [1.807, 2.05) is 12.1 Å². The van der Waals surface area contributed by atoms with Crippen molar-refractivity contribution < 1.29 is 14.3 Å². The average molecular weight is 235 g/mol. The van der Waals surface area contributed by atoms with Crippen molar-refractivity contribution in [3.63, 3.8) is 0 Å². The third kappa shape index (κ3) is 3.20. The van der Waals surface area contributed by atoms with E-state index in [2.05, 4.69) is 5.32 Å². The van der Waals surface area contributed by atoms with E-state index in [4.69, 9.17) is 9.47 Å². The molecule has 0 radical (unpaired) electrons. The lowest BCUT2D eigenvalue weighted by atomic mass is 10.2. The van der Waals surface area contributed by atoms with E-state index in [-0.39, 0.29) is 5.97 Å². The van der Waals surface area contributed by atoms with Crippen molar-refractivity contribution in [2.24, 2.45) is 0 Å². The lowest BCUT2D eigenvalue weighted by Crippen LogP contribution is -2.18. The van der Waals surface area contributed by atoms with Crippen LogP contribution in [0.5, 0.6) is 0 Å². The molecule has 1 aromatic rings. The maximum absolute atomic E-state index is 11.4. The van der Waals surface area contributed by atoms with Gasteiger partial charge in [0.2, 0.25) is 0 Å². The first kappa shape index (κ1) is 11.9. The fourth-order valence-corrected chi connectivity index (χ4v) is 1.80. The number of hydrogen-bond acceptors (Lipinski definition) is 4. The molecule has 0 aliphatic carbocycles. The first-order valence-electron chi connectivity index (χ1n) is 5.91. The van der Waals surface area contributed by atoms with Gasteiger partial charge in [0.25, 0.3) is 0 Å². The van der Waals surface area contributed by atoms with E-state index in [1.54, 1.807) is 19.1 Å². The van der Waals surface area contributed by atoms with Crippen LogP contribution in [0.25, 0.3) is 0 Å². The lowest BCUT2D eigenvalue weighted by molar-refractivity contribution is 0.0526. The summed E-state index contributed by atoms with van der Waals surface area (Å²) in [4.78, 5) is 11.4. The molecule has 0 spiro atoms. The minimum atomic E-state index is -0.275. The number of rotatable bonds is 4. The Morgan fingerprint density at radius 3 is 2.82 bits per heavy atom. The standard InChI is InChI=1S/C13H17NO3/c1-2-17-13(15)10-3-5-11(6-4-10)14-12-7-8-16-9-12/h3-6,12,14H,2,7-9H2,1H3. The van der Waals surface area contributed by atoms with Crippen molar-refractivity contribution >= 4 is 11.7 Å². The Labute approximate surface area is 101 Å². The van der Waals surface area contributed by atoms with Crippen molar-refractivity contribution in [2.75, 3.05) is 25.1 Å². The fourth-order valence-electron chi connectivity index (χ4n) is 1.80. The largest absolute Gasteiger partial charge is 0.462 e. The zero-order chi connectivity index (χ0) is 12.1. The van der Waals surface area contributed by atoms with Gasteiger partial charge in [-0.1, -0.05) is 0 Å². The number of carbonyl (C=O) groups is 1. The van der Waals surface area contributed by atoms with Crippen LogP contribution in [0.3, 0.4) is 0 Å². The second kappa shape index (κ2) is 5.68. The van der Waals surface area contributed by atoms with Crippen LogP contribution in [0.15, 0.2) is 24.3 Å². The van der Waals surface area contributed by atoms with E-state index < -0.39 is 0 Å². The van der Waals surface area contributed by atoms with Gasteiger partial charge in [-0.05, 0) is 37.6 Å². The van der Waals surface area contributed by atoms with E-state index in [1.165, 1.54) is 0 Å². The molecule has 92 valence electrons. The van der Waals surface area contributed by atoms with Crippen LogP contribution in [-0.4, -0.2) is 31.8 Å². The predicted octanol–water partition coefficient (Wildman–Crippen LogP) is 2.06. The molecule has 4 nitrogen and oxygen atoms in total. The number of esters is 1. The first-order valence-corrected chi connectivity index (χ1v) is 5.91. The molecule has 1 saturated heterocycles. The predicted molar refractivity (Wildman–Crippen MR) is 65.2 cm³/mol. The molecule has 17 heavy (non-hydrogen) atoms. The van der Waals surface area contributed by atoms with Crippen LogP contribution >= 0.6 is 0 Å². The highest BCUT2D eigenvalue weighted by Gasteiger charge is 2.15. The summed E-state index contributed by atoms with van der Waals surface area (Å²) in [6, 6.07) is 7.71. The lowest BCUT2D eigenvalue weighted by Gasteiger charge is -2.12. The molecule has 1 N–H and O–H groups in total. The average Bonchev–Trinajstić information content (AvgIpc) is 2.83. The zero-order valence-corrected chi connectivity index (χ0v) is 9.94. The molecule has 1 atom stereocenters. The Balaban J connectivity index is 1.94. The van der Waals surface area contributed by atoms with Crippen LogP contribution in [0.1, 0.15) is 23.7 Å². The summed E-state index contributed by atoms with van der Waals surface area (Å²) in [6.45, 7) is 3.77. The number of ether oxygens (including phenoxy) is 2. The minimum Gasteiger partial charge on any atom is -0.462 e. The molecular weight excluding hydrogens is 218 g/mol. The molecule has 1 aliphatic heterocycles. The van der Waals surface area contributed by atoms with Gasteiger partial charge in [-0.2, -0.15) is 0 Å². The van der Waals surface area contributed by atoms with Gasteiger partial charge in [0, 0.05) is 12.3 Å². The zero-order valence-electron chi connectivity index (χ0n) is 9.94. The molecule has 1 aromatic carbocycles. The van der Waals surface area contributed by atoms with Gasteiger partial charge in [-0.3, -0.25) is 0 Å². The molecule has 0 amide bonds. The fraction of sp³-hybridized carbons (Fsp3) is 0.462. The van der Waals surface area contributed by atoms with Crippen molar-refractivity contribution in [2.45, 2.75) is 19.4 Å². The molecule has 0 saturated carbocycles. The summed E-state index contributed by atoms with van der Waals surface area (Å²) < 4.78 is 10.2. The van der Waals surface area contributed by atoms with E-state index in [9.17, 15) is 4.79 Å². The van der Waals surface area contributed by atoms with Crippen LogP contribution in [0.4, 0.5) is 5.69 Å². The van der Waals surface area contributed by atoms with Gasteiger partial charge < -0.3 is 14.8 Å². The van der Waals surface area contributed by atoms with E-state index in [0.717, 1.165) is 25.3 Å². The van der Waals surface area contributed by atoms with Crippen molar-refractivity contribution in [3.8, 4) is 0 Å². The summed E-state index contributed by atoms with van der Waals surface area (Å²) in [5.74, 6) is -0.275. The normalized spacial score (nSPS) is 19.0. The van der Waals surface area contributed by atoms with Gasteiger partial charge in [0.05, 0.1) is 24.8 Å². The second-order valence-corrected chi connectivity index (χ2v) is 4.00. The summed E-state index contributed by atoms with van der Waals surface area (Å²) in [7, 11) is 0. The smallest absolute Gasteiger partial charge is 0.338 e. The minimum absolute atomic E-state index is 0.275. The Bertz CT molecular complexity index is 369. The highest BCUT2D eigenvalue weighted by molar-refractivity contribution is 5.89. The molecular formula is C13H17NO3. The molecule has 1 aliphatic rings. The molecule has 1 heterocycles.